The first-order valence-electron chi connectivity index (χ1n) is 8.71. The van der Waals surface area contributed by atoms with Crippen LogP contribution in [-0.4, -0.2) is 45.3 Å². The van der Waals surface area contributed by atoms with Crippen molar-refractivity contribution in [2.75, 3.05) is 31.1 Å². The van der Waals surface area contributed by atoms with Gasteiger partial charge in [-0.25, -0.2) is 4.79 Å². The summed E-state index contributed by atoms with van der Waals surface area (Å²) in [4.78, 5) is 24.1. The van der Waals surface area contributed by atoms with E-state index in [1.165, 1.54) is 0 Å². The van der Waals surface area contributed by atoms with Gasteiger partial charge < -0.3 is 10.2 Å². The number of hydrogen-bond donors (Lipinski definition) is 1. The molecule has 2 fully saturated rings. The smallest absolute Gasteiger partial charge is 0.331 e. The van der Waals surface area contributed by atoms with Gasteiger partial charge in [0.05, 0.1) is 6.54 Å². The Balaban J connectivity index is 1.93. The molecule has 1 aliphatic carbocycles. The van der Waals surface area contributed by atoms with Gasteiger partial charge in [-0.2, -0.15) is 9.97 Å². The Morgan fingerprint density at radius 3 is 2.68 bits per heavy atom. The Kier molecular flexibility index (Phi) is 4.40. The van der Waals surface area contributed by atoms with Crippen molar-refractivity contribution in [3.05, 3.63) is 15.8 Å². The minimum Gasteiger partial charge on any atom is -0.352 e. The van der Waals surface area contributed by atoms with Crippen molar-refractivity contribution in [3.8, 4) is 11.8 Å². The van der Waals surface area contributed by atoms with E-state index in [1.807, 2.05) is 0 Å². The molecular formula is C17H21ClN6O. The van der Waals surface area contributed by atoms with Crippen molar-refractivity contribution in [1.82, 2.24) is 24.4 Å². The second-order valence-electron chi connectivity index (χ2n) is 6.57. The molecule has 0 bridgehead atoms. The van der Waals surface area contributed by atoms with Gasteiger partial charge in [-0.15, -0.1) is 5.92 Å². The number of hydrogen-bond acceptors (Lipinski definition) is 5. The Hall–Kier alpha value is -2.04. The fraction of sp³-hybridized carbons (Fsp3) is 0.588. The Morgan fingerprint density at radius 1 is 1.24 bits per heavy atom. The first-order valence-corrected chi connectivity index (χ1v) is 9.08. The first-order chi connectivity index (χ1) is 12.2. The molecule has 132 valence electrons. The van der Waals surface area contributed by atoms with Crippen molar-refractivity contribution in [3.63, 3.8) is 0 Å². The predicted molar refractivity (Wildman–Crippen MR) is 98.1 cm³/mol. The zero-order valence-corrected chi connectivity index (χ0v) is 15.0. The molecule has 7 nitrogen and oxygen atoms in total. The summed E-state index contributed by atoms with van der Waals surface area (Å²) in [6, 6.07) is 0. The van der Waals surface area contributed by atoms with Crippen molar-refractivity contribution in [2.24, 2.45) is 5.92 Å². The van der Waals surface area contributed by atoms with Gasteiger partial charge >= 0.3 is 5.69 Å². The van der Waals surface area contributed by atoms with Crippen molar-refractivity contribution < 1.29 is 0 Å². The molecule has 0 unspecified atom stereocenters. The van der Waals surface area contributed by atoms with Crippen molar-refractivity contribution >= 4 is 28.6 Å². The van der Waals surface area contributed by atoms with E-state index in [0.29, 0.717) is 24.7 Å². The van der Waals surface area contributed by atoms with Crippen LogP contribution in [0.2, 0.25) is 5.28 Å². The number of nitrogens with zero attached hydrogens (tertiary/aromatic N) is 5. The third-order valence-corrected chi connectivity index (χ3v) is 4.94. The molecule has 8 heteroatoms. The second-order valence-corrected chi connectivity index (χ2v) is 6.91. The fourth-order valence-electron chi connectivity index (χ4n) is 3.29. The molecule has 3 heterocycles. The molecule has 0 atom stereocenters. The van der Waals surface area contributed by atoms with Crippen LogP contribution in [0.5, 0.6) is 0 Å². The average molecular weight is 361 g/mol. The number of anilines is 1. The minimum absolute atomic E-state index is 0.0717. The number of rotatable bonds is 4. The molecule has 0 amide bonds. The van der Waals surface area contributed by atoms with Crippen LogP contribution in [0.15, 0.2) is 4.79 Å². The number of imidazole rings is 1. The number of piperazine rings is 1. The lowest BCUT2D eigenvalue weighted by molar-refractivity contribution is 0.585. The third kappa shape index (κ3) is 3.12. The van der Waals surface area contributed by atoms with Gasteiger partial charge in [0.25, 0.3) is 0 Å². The number of aromatic nitrogens is 4. The summed E-state index contributed by atoms with van der Waals surface area (Å²) in [5, 5.41) is 3.52. The highest BCUT2D eigenvalue weighted by Gasteiger charge is 2.28. The summed E-state index contributed by atoms with van der Waals surface area (Å²) in [7, 11) is 0. The van der Waals surface area contributed by atoms with Gasteiger partial charge in [0.15, 0.2) is 11.5 Å². The summed E-state index contributed by atoms with van der Waals surface area (Å²) in [5.74, 6) is 7.17. The monoisotopic (exact) mass is 360 g/mol. The van der Waals surface area contributed by atoms with Crippen LogP contribution in [0.3, 0.4) is 0 Å². The van der Waals surface area contributed by atoms with E-state index in [-0.39, 0.29) is 11.0 Å². The number of nitrogens with one attached hydrogen (secondary N) is 1. The van der Waals surface area contributed by atoms with E-state index in [2.05, 4.69) is 32.0 Å². The molecule has 0 spiro atoms. The summed E-state index contributed by atoms with van der Waals surface area (Å²) >= 11 is 6.22. The van der Waals surface area contributed by atoms with Gasteiger partial charge in [0, 0.05) is 32.7 Å². The molecule has 1 N–H and O–H groups in total. The maximum atomic E-state index is 13.0. The van der Waals surface area contributed by atoms with Crippen LogP contribution >= 0.6 is 11.6 Å². The highest BCUT2D eigenvalue weighted by atomic mass is 35.5. The normalized spacial score (nSPS) is 17.6. The van der Waals surface area contributed by atoms with E-state index < -0.39 is 0 Å². The number of halogens is 1. The largest absolute Gasteiger partial charge is 0.352 e. The lowest BCUT2D eigenvalue weighted by Gasteiger charge is -2.28. The van der Waals surface area contributed by atoms with Gasteiger partial charge in [0.2, 0.25) is 5.28 Å². The summed E-state index contributed by atoms with van der Waals surface area (Å²) in [6.07, 6.45) is 2.33. The molecule has 1 saturated carbocycles. The summed E-state index contributed by atoms with van der Waals surface area (Å²) < 4.78 is 3.45. The Labute approximate surface area is 151 Å². The molecule has 1 aliphatic heterocycles. The van der Waals surface area contributed by atoms with E-state index in [4.69, 9.17) is 11.6 Å². The van der Waals surface area contributed by atoms with Gasteiger partial charge in [-0.1, -0.05) is 5.92 Å². The molecule has 2 aromatic rings. The van der Waals surface area contributed by atoms with E-state index in [0.717, 1.165) is 50.4 Å². The lowest BCUT2D eigenvalue weighted by Crippen LogP contribution is -2.44. The molecule has 0 aromatic carbocycles. The van der Waals surface area contributed by atoms with Crippen molar-refractivity contribution in [2.45, 2.75) is 32.9 Å². The fourth-order valence-corrected chi connectivity index (χ4v) is 3.45. The Bertz CT molecular complexity index is 911. The van der Waals surface area contributed by atoms with Crippen LogP contribution < -0.4 is 15.9 Å². The molecular weight excluding hydrogens is 340 g/mol. The second kappa shape index (κ2) is 6.70. The standard InChI is InChI=1S/C17H21ClN6O/c1-2-3-8-23-13-14(22-9-6-19-7-10-22)20-16(18)21-15(13)24(17(23)25)11-12-4-5-12/h12,19H,4-11H2,1H3. The van der Waals surface area contributed by atoms with Gasteiger partial charge in [0.1, 0.15) is 5.52 Å². The van der Waals surface area contributed by atoms with Crippen LogP contribution in [-0.2, 0) is 13.1 Å². The van der Waals surface area contributed by atoms with E-state index in [9.17, 15) is 4.79 Å². The van der Waals surface area contributed by atoms with E-state index in [1.54, 1.807) is 16.1 Å². The SMILES string of the molecule is CC#CCn1c(=O)n(CC2CC2)c2nc(Cl)nc(N3CCNCC3)c21. The van der Waals surface area contributed by atoms with Crippen molar-refractivity contribution in [1.29, 1.82) is 0 Å². The zero-order chi connectivity index (χ0) is 17.4. The van der Waals surface area contributed by atoms with Gasteiger partial charge in [-0.3, -0.25) is 9.13 Å². The molecule has 4 rings (SSSR count). The summed E-state index contributed by atoms with van der Waals surface area (Å²) in [6.45, 7) is 6.21. The maximum absolute atomic E-state index is 13.0. The molecule has 1 saturated heterocycles. The van der Waals surface area contributed by atoms with E-state index >= 15 is 0 Å². The summed E-state index contributed by atoms with van der Waals surface area (Å²) in [5.41, 5.74) is 1.31. The topological polar surface area (TPSA) is 68.0 Å². The minimum atomic E-state index is -0.0717. The third-order valence-electron chi connectivity index (χ3n) is 4.78. The Morgan fingerprint density at radius 2 is 2.00 bits per heavy atom. The molecule has 25 heavy (non-hydrogen) atoms. The van der Waals surface area contributed by atoms with Crippen LogP contribution in [0.1, 0.15) is 19.8 Å². The molecule has 2 aromatic heterocycles. The molecule has 0 radical (unpaired) electrons. The highest BCUT2D eigenvalue weighted by Crippen LogP contribution is 2.32. The van der Waals surface area contributed by atoms with Crippen LogP contribution in [0.4, 0.5) is 5.82 Å². The van der Waals surface area contributed by atoms with Gasteiger partial charge in [-0.05, 0) is 37.3 Å². The zero-order valence-electron chi connectivity index (χ0n) is 14.3. The first kappa shape index (κ1) is 16.4. The van der Waals surface area contributed by atoms with Crippen LogP contribution in [0, 0.1) is 17.8 Å². The molecule has 2 aliphatic rings. The lowest BCUT2D eigenvalue weighted by atomic mass is 10.3. The average Bonchev–Trinajstić information content (AvgIpc) is 3.41. The number of fused-ring (bicyclic) bond motifs is 1. The van der Waals surface area contributed by atoms with Crippen LogP contribution in [0.25, 0.3) is 11.2 Å². The predicted octanol–water partition coefficient (Wildman–Crippen LogP) is 1.09. The highest BCUT2D eigenvalue weighted by molar-refractivity contribution is 6.28. The maximum Gasteiger partial charge on any atom is 0.331 e. The quantitative estimate of drug-likeness (QED) is 0.653.